The van der Waals surface area contributed by atoms with Crippen LogP contribution in [0.3, 0.4) is 0 Å². The average molecular weight is 424 g/mol. The first-order valence-electron chi connectivity index (χ1n) is 11.0. The van der Waals surface area contributed by atoms with Crippen LogP contribution in [0.4, 0.5) is 11.4 Å². The van der Waals surface area contributed by atoms with Crippen LogP contribution >= 0.6 is 0 Å². The molecule has 164 valence electrons. The number of hydrogen-bond donors (Lipinski definition) is 2. The number of nitrogens with zero attached hydrogens (tertiary/aromatic N) is 1. The normalized spacial score (nSPS) is 13.6. The van der Waals surface area contributed by atoms with Gasteiger partial charge in [0.05, 0.1) is 6.04 Å². The Kier molecular flexibility index (Phi) is 8.07. The van der Waals surface area contributed by atoms with Gasteiger partial charge in [0.2, 0.25) is 0 Å². The van der Waals surface area contributed by atoms with Crippen molar-refractivity contribution in [2.24, 2.45) is 5.73 Å². The fraction of sp³-hybridized carbons (Fsp3) is 0.172. The van der Waals surface area contributed by atoms with Crippen LogP contribution in [-0.2, 0) is 0 Å². The SMILES string of the molecule is C=C/C=C\C=C(/C)NC(N)c1cccc(C(C)N(c2ccccc2)c2ccccc2C)c1. The van der Waals surface area contributed by atoms with Crippen molar-refractivity contribution in [2.75, 3.05) is 4.90 Å². The molecule has 0 saturated heterocycles. The van der Waals surface area contributed by atoms with Gasteiger partial charge in [0, 0.05) is 17.1 Å². The molecule has 0 spiro atoms. The zero-order chi connectivity index (χ0) is 22.9. The first kappa shape index (κ1) is 23.1. The van der Waals surface area contributed by atoms with E-state index in [0.717, 1.165) is 16.9 Å². The minimum atomic E-state index is -0.292. The molecule has 3 nitrogen and oxygen atoms in total. The van der Waals surface area contributed by atoms with Crippen LogP contribution in [0.15, 0.2) is 115 Å². The van der Waals surface area contributed by atoms with Crippen molar-refractivity contribution in [3.05, 3.63) is 132 Å². The summed E-state index contributed by atoms with van der Waals surface area (Å²) in [4.78, 5) is 2.39. The topological polar surface area (TPSA) is 41.3 Å². The highest BCUT2D eigenvalue weighted by Gasteiger charge is 2.20. The molecule has 3 aromatic rings. The van der Waals surface area contributed by atoms with E-state index in [0.29, 0.717) is 0 Å². The van der Waals surface area contributed by atoms with Crippen LogP contribution in [0.1, 0.15) is 42.7 Å². The molecule has 0 heterocycles. The van der Waals surface area contributed by atoms with E-state index in [1.807, 2.05) is 25.2 Å². The highest BCUT2D eigenvalue weighted by molar-refractivity contribution is 5.67. The summed E-state index contributed by atoms with van der Waals surface area (Å²) in [5, 5.41) is 3.36. The molecule has 0 fully saturated rings. The van der Waals surface area contributed by atoms with Gasteiger partial charge in [0.1, 0.15) is 6.17 Å². The maximum absolute atomic E-state index is 6.48. The lowest BCUT2D eigenvalue weighted by molar-refractivity contribution is 0.622. The third-order valence-corrected chi connectivity index (χ3v) is 5.53. The lowest BCUT2D eigenvalue weighted by Gasteiger charge is -2.33. The van der Waals surface area contributed by atoms with Crippen molar-refractivity contribution in [1.82, 2.24) is 5.32 Å². The standard InChI is InChI=1S/C29H33N3/c1-5-6-8-15-23(3)31-29(30)26-17-13-16-25(21-26)24(4)32(27-18-9-7-10-19-27)28-20-12-11-14-22(28)2/h5-21,24,29,31H,1,30H2,2-4H3/b8-6-,23-15+. The Hall–Kier alpha value is -3.56. The van der Waals surface area contributed by atoms with Gasteiger partial charge in [-0.05, 0) is 61.7 Å². The average Bonchev–Trinajstić information content (AvgIpc) is 2.81. The van der Waals surface area contributed by atoms with Crippen LogP contribution in [0, 0.1) is 6.92 Å². The van der Waals surface area contributed by atoms with Gasteiger partial charge in [-0.2, -0.15) is 0 Å². The monoisotopic (exact) mass is 423 g/mol. The molecule has 3 N–H and O–H groups in total. The molecule has 0 aliphatic carbocycles. The molecular weight excluding hydrogens is 390 g/mol. The molecule has 0 aliphatic rings. The molecule has 0 radical (unpaired) electrons. The molecular formula is C29H33N3. The Balaban J connectivity index is 1.92. The van der Waals surface area contributed by atoms with E-state index in [1.54, 1.807) is 6.08 Å². The summed E-state index contributed by atoms with van der Waals surface area (Å²) >= 11 is 0. The quantitative estimate of drug-likeness (QED) is 0.285. The smallest absolute Gasteiger partial charge is 0.100 e. The second-order valence-electron chi connectivity index (χ2n) is 7.93. The lowest BCUT2D eigenvalue weighted by Crippen LogP contribution is -2.28. The second kappa shape index (κ2) is 11.2. The molecule has 0 aromatic heterocycles. The van der Waals surface area contributed by atoms with E-state index in [-0.39, 0.29) is 12.2 Å². The highest BCUT2D eigenvalue weighted by Crippen LogP contribution is 2.37. The van der Waals surface area contributed by atoms with Gasteiger partial charge in [-0.3, -0.25) is 0 Å². The molecule has 3 rings (SSSR count). The summed E-state index contributed by atoms with van der Waals surface area (Å²) in [6.07, 6.45) is 7.29. The fourth-order valence-corrected chi connectivity index (χ4v) is 3.81. The molecule has 0 aliphatic heterocycles. The van der Waals surface area contributed by atoms with E-state index in [2.05, 4.69) is 110 Å². The minimum Gasteiger partial charge on any atom is -0.370 e. The maximum atomic E-state index is 6.48. The van der Waals surface area contributed by atoms with Gasteiger partial charge in [0.25, 0.3) is 0 Å². The van der Waals surface area contributed by atoms with Crippen molar-refractivity contribution >= 4 is 11.4 Å². The first-order valence-corrected chi connectivity index (χ1v) is 11.0. The summed E-state index contributed by atoms with van der Waals surface area (Å²) in [6, 6.07) is 27.7. The third kappa shape index (κ3) is 5.77. The molecule has 0 saturated carbocycles. The van der Waals surface area contributed by atoms with Gasteiger partial charge in [-0.1, -0.05) is 85.5 Å². The van der Waals surface area contributed by atoms with Crippen molar-refractivity contribution in [2.45, 2.75) is 33.0 Å². The number of rotatable bonds is 9. The van der Waals surface area contributed by atoms with Crippen LogP contribution < -0.4 is 16.0 Å². The number of benzene rings is 3. The summed E-state index contributed by atoms with van der Waals surface area (Å²) in [5.74, 6) is 0. The van der Waals surface area contributed by atoms with Crippen molar-refractivity contribution in [3.8, 4) is 0 Å². The Morgan fingerprint density at radius 2 is 1.62 bits per heavy atom. The zero-order valence-corrected chi connectivity index (χ0v) is 19.2. The molecule has 3 heteroatoms. The Bertz CT molecular complexity index is 1080. The second-order valence-corrected chi connectivity index (χ2v) is 7.93. The fourth-order valence-electron chi connectivity index (χ4n) is 3.81. The van der Waals surface area contributed by atoms with E-state index >= 15 is 0 Å². The van der Waals surface area contributed by atoms with Crippen LogP contribution in [-0.4, -0.2) is 0 Å². The largest absolute Gasteiger partial charge is 0.370 e. The minimum absolute atomic E-state index is 0.123. The number of nitrogens with two attached hydrogens (primary N) is 1. The van der Waals surface area contributed by atoms with E-state index < -0.39 is 0 Å². The van der Waals surface area contributed by atoms with Gasteiger partial charge >= 0.3 is 0 Å². The summed E-state index contributed by atoms with van der Waals surface area (Å²) in [7, 11) is 0. The zero-order valence-electron chi connectivity index (χ0n) is 19.2. The van der Waals surface area contributed by atoms with E-state index in [4.69, 9.17) is 5.73 Å². The summed E-state index contributed by atoms with van der Waals surface area (Å²) in [5.41, 5.74) is 13.3. The molecule has 0 bridgehead atoms. The molecule has 3 aromatic carbocycles. The summed E-state index contributed by atoms with van der Waals surface area (Å²) in [6.45, 7) is 10.1. The van der Waals surface area contributed by atoms with Crippen molar-refractivity contribution in [1.29, 1.82) is 0 Å². The van der Waals surface area contributed by atoms with E-state index in [1.165, 1.54) is 16.8 Å². The Morgan fingerprint density at radius 1 is 0.938 bits per heavy atom. The molecule has 2 unspecified atom stereocenters. The number of anilines is 2. The number of hydrogen-bond acceptors (Lipinski definition) is 3. The molecule has 2 atom stereocenters. The third-order valence-electron chi connectivity index (χ3n) is 5.53. The summed E-state index contributed by atoms with van der Waals surface area (Å²) < 4.78 is 0. The van der Waals surface area contributed by atoms with Crippen molar-refractivity contribution < 1.29 is 0 Å². The number of para-hydroxylation sites is 2. The van der Waals surface area contributed by atoms with Gasteiger partial charge < -0.3 is 16.0 Å². The van der Waals surface area contributed by atoms with Crippen molar-refractivity contribution in [3.63, 3.8) is 0 Å². The van der Waals surface area contributed by atoms with Crippen LogP contribution in [0.5, 0.6) is 0 Å². The van der Waals surface area contributed by atoms with Crippen LogP contribution in [0.25, 0.3) is 0 Å². The van der Waals surface area contributed by atoms with Gasteiger partial charge in [0.15, 0.2) is 0 Å². The van der Waals surface area contributed by atoms with Gasteiger partial charge in [-0.15, -0.1) is 0 Å². The maximum Gasteiger partial charge on any atom is 0.100 e. The lowest BCUT2D eigenvalue weighted by atomic mass is 10.00. The predicted molar refractivity (Wildman–Crippen MR) is 138 cm³/mol. The molecule has 0 amide bonds. The number of allylic oxidation sites excluding steroid dienone is 5. The predicted octanol–water partition coefficient (Wildman–Crippen LogP) is 7.09. The highest BCUT2D eigenvalue weighted by atomic mass is 15.2. The van der Waals surface area contributed by atoms with E-state index in [9.17, 15) is 0 Å². The number of nitrogens with one attached hydrogen (secondary N) is 1. The van der Waals surface area contributed by atoms with Gasteiger partial charge in [-0.25, -0.2) is 0 Å². The Morgan fingerprint density at radius 3 is 2.34 bits per heavy atom. The molecule has 32 heavy (non-hydrogen) atoms. The number of aryl methyl sites for hydroxylation is 1. The first-order chi connectivity index (χ1) is 15.5. The Labute approximate surface area is 192 Å². The van der Waals surface area contributed by atoms with Crippen LogP contribution in [0.2, 0.25) is 0 Å².